The van der Waals surface area contributed by atoms with E-state index in [2.05, 4.69) is 266 Å². The second-order valence-electron chi connectivity index (χ2n) is 17.1. The minimum absolute atomic E-state index is 0.171. The highest BCUT2D eigenvalue weighted by Gasteiger charge is 2.23. The molecule has 0 amide bonds. The Morgan fingerprint density at radius 2 is 0.985 bits per heavy atom. The van der Waals surface area contributed by atoms with Crippen molar-refractivity contribution >= 4 is 55.8 Å². The summed E-state index contributed by atoms with van der Waals surface area (Å²) in [7, 11) is 0. The predicted molar refractivity (Wildman–Crippen MR) is 282 cm³/mol. The third kappa shape index (κ3) is 8.59. The van der Waals surface area contributed by atoms with Gasteiger partial charge in [0, 0.05) is 44.9 Å². The van der Waals surface area contributed by atoms with Crippen LogP contribution in [0.25, 0.3) is 44.2 Å². The Morgan fingerprint density at radius 1 is 0.424 bits per heavy atom. The molecule has 0 saturated heterocycles. The third-order valence-corrected chi connectivity index (χ3v) is 12.7. The van der Waals surface area contributed by atoms with Crippen LogP contribution in [0.5, 0.6) is 0 Å². The third-order valence-electron chi connectivity index (χ3n) is 12.7. The lowest BCUT2D eigenvalue weighted by Gasteiger charge is -2.34. The molecule has 1 aliphatic rings. The molecule has 1 aliphatic carbocycles. The van der Waals surface area contributed by atoms with Crippen LogP contribution in [-0.4, -0.2) is 10.6 Å². The quantitative estimate of drug-likeness (QED) is 0.143. The monoisotopic (exact) mass is 851 g/mol. The van der Waals surface area contributed by atoms with E-state index in [-0.39, 0.29) is 6.04 Å². The Labute approximate surface area is 389 Å². The molecule has 0 fully saturated rings. The fourth-order valence-electron chi connectivity index (χ4n) is 9.38. The normalized spacial score (nSPS) is 13.2. The van der Waals surface area contributed by atoms with Crippen LogP contribution in [0.15, 0.2) is 249 Å². The van der Waals surface area contributed by atoms with Crippen molar-refractivity contribution in [3.63, 3.8) is 0 Å². The summed E-state index contributed by atoms with van der Waals surface area (Å²) >= 11 is 0. The summed E-state index contributed by atoms with van der Waals surface area (Å²) in [6.45, 7) is 6.49. The lowest BCUT2D eigenvalue weighted by molar-refractivity contribution is 0.787. The van der Waals surface area contributed by atoms with Crippen molar-refractivity contribution in [1.29, 1.82) is 0 Å². The molecule has 10 aromatic rings. The first kappa shape index (κ1) is 41.8. The van der Waals surface area contributed by atoms with Gasteiger partial charge in [-0.25, -0.2) is 0 Å². The van der Waals surface area contributed by atoms with Crippen molar-refractivity contribution in [2.45, 2.75) is 33.2 Å². The zero-order valence-electron chi connectivity index (χ0n) is 37.8. The van der Waals surface area contributed by atoms with Gasteiger partial charge < -0.3 is 14.4 Å². The maximum atomic E-state index is 2.49. The molecule has 1 unspecified atom stereocenters. The molecule has 0 spiro atoms. The molecule has 0 N–H and O–H groups in total. The maximum Gasteiger partial charge on any atom is 0.0560 e. The Balaban J connectivity index is 0.000000670. The number of fused-ring (bicyclic) bond motifs is 3. The van der Waals surface area contributed by atoms with Gasteiger partial charge in [0.2, 0.25) is 0 Å². The average Bonchev–Trinajstić information content (AvgIpc) is 3.70. The van der Waals surface area contributed by atoms with E-state index in [1.54, 1.807) is 0 Å². The van der Waals surface area contributed by atoms with Gasteiger partial charge in [-0.3, -0.25) is 0 Å². The van der Waals surface area contributed by atoms with Gasteiger partial charge in [0.05, 0.1) is 17.1 Å². The van der Waals surface area contributed by atoms with Crippen LogP contribution in [0.4, 0.5) is 28.4 Å². The van der Waals surface area contributed by atoms with Crippen molar-refractivity contribution in [3.05, 3.63) is 271 Å². The Morgan fingerprint density at radius 3 is 1.65 bits per heavy atom. The molecule has 1 aromatic heterocycles. The van der Waals surface area contributed by atoms with Crippen LogP contribution < -0.4 is 9.80 Å². The number of aromatic nitrogens is 1. The summed E-state index contributed by atoms with van der Waals surface area (Å²) in [5, 5.41) is 2.47. The van der Waals surface area contributed by atoms with E-state index < -0.39 is 0 Å². The number of para-hydroxylation sites is 4. The lowest BCUT2D eigenvalue weighted by Crippen LogP contribution is -2.30. The van der Waals surface area contributed by atoms with Crippen molar-refractivity contribution < 1.29 is 0 Å². The van der Waals surface area contributed by atoms with Crippen LogP contribution in [0.3, 0.4) is 0 Å². The number of hydrogen-bond donors (Lipinski definition) is 0. The van der Waals surface area contributed by atoms with Crippen LogP contribution in [-0.2, 0) is 0 Å². The predicted octanol–water partition coefficient (Wildman–Crippen LogP) is 17.1. The summed E-state index contributed by atoms with van der Waals surface area (Å²) in [6, 6.07) is 82.8. The molecule has 11 rings (SSSR count). The second-order valence-corrected chi connectivity index (χ2v) is 17.1. The van der Waals surface area contributed by atoms with E-state index in [1.165, 1.54) is 72.1 Å². The van der Waals surface area contributed by atoms with E-state index in [9.17, 15) is 0 Å². The molecule has 3 heteroatoms. The van der Waals surface area contributed by atoms with Gasteiger partial charge in [-0.1, -0.05) is 169 Å². The van der Waals surface area contributed by atoms with E-state index in [0.29, 0.717) is 0 Å². The fraction of sp³-hybridized carbons (Fsp3) is 0.0794. The van der Waals surface area contributed by atoms with Crippen LogP contribution in [0, 0.1) is 20.8 Å². The summed E-state index contributed by atoms with van der Waals surface area (Å²) in [6.07, 6.45) is 7.97. The molecular weight excluding hydrogens is 799 g/mol. The molecule has 0 radical (unpaired) electrons. The van der Waals surface area contributed by atoms with E-state index >= 15 is 0 Å². The summed E-state index contributed by atoms with van der Waals surface area (Å²) < 4.78 is 2.37. The van der Waals surface area contributed by atoms with Gasteiger partial charge in [0.1, 0.15) is 0 Å². The van der Waals surface area contributed by atoms with Gasteiger partial charge in [-0.15, -0.1) is 0 Å². The Bertz CT molecular complexity index is 3290. The SMILES string of the molecule is Cc1ccccc1.Cc1ccccc1-c1cc(N(c2ccccc2)C2C=CC(c3ccc(N(c4ccccc4)c4ccc5c(c4)c4ccccc4n5-c4ccccc4)cc3)=CC2)ccc1C. The highest BCUT2D eigenvalue weighted by molar-refractivity contribution is 6.10. The number of hydrogen-bond acceptors (Lipinski definition) is 2. The molecule has 1 atom stereocenters. The number of nitrogens with zero attached hydrogens (tertiary/aromatic N) is 3. The van der Waals surface area contributed by atoms with Crippen LogP contribution in [0.2, 0.25) is 0 Å². The fourth-order valence-corrected chi connectivity index (χ4v) is 9.38. The summed E-state index contributed by atoms with van der Waals surface area (Å²) in [5.74, 6) is 0. The molecule has 0 aliphatic heterocycles. The van der Waals surface area contributed by atoms with Crippen molar-refractivity contribution in [2.75, 3.05) is 9.80 Å². The number of anilines is 5. The topological polar surface area (TPSA) is 11.4 Å². The highest BCUT2D eigenvalue weighted by Crippen LogP contribution is 2.41. The number of allylic oxidation sites excluding steroid dienone is 2. The van der Waals surface area contributed by atoms with Gasteiger partial charge in [-0.05, 0) is 146 Å². The average molecular weight is 852 g/mol. The summed E-state index contributed by atoms with van der Waals surface area (Å²) in [5.41, 5.74) is 18.2. The van der Waals surface area contributed by atoms with Gasteiger partial charge in [0.15, 0.2) is 0 Å². The van der Waals surface area contributed by atoms with E-state index in [1.807, 2.05) is 18.2 Å². The zero-order valence-corrected chi connectivity index (χ0v) is 37.8. The minimum Gasteiger partial charge on any atom is -0.334 e. The first-order valence-corrected chi connectivity index (χ1v) is 23.0. The largest absolute Gasteiger partial charge is 0.334 e. The van der Waals surface area contributed by atoms with E-state index in [0.717, 1.165) is 29.2 Å². The first-order chi connectivity index (χ1) is 32.5. The maximum absolute atomic E-state index is 2.49. The molecule has 9 aromatic carbocycles. The van der Waals surface area contributed by atoms with Crippen LogP contribution >= 0.6 is 0 Å². The molecule has 320 valence electrons. The molecule has 3 nitrogen and oxygen atoms in total. The number of aryl methyl sites for hydroxylation is 3. The van der Waals surface area contributed by atoms with Crippen LogP contribution in [0.1, 0.15) is 28.7 Å². The molecular formula is C63H53N3. The minimum atomic E-state index is 0.171. The second kappa shape index (κ2) is 18.9. The Hall–Kier alpha value is -8.14. The lowest BCUT2D eigenvalue weighted by atomic mass is 9.93. The molecule has 0 saturated carbocycles. The standard InChI is InChI=1S/C56H45N3.C7H8/c1-40-16-12-13-23-51(40)53-38-49(31-26-41(53)2)57(44-17-6-3-7-18-44)47-32-27-42(28-33-47)43-29-34-48(35-30-43)58(45-19-8-4-9-20-45)50-36-37-56-54(39-50)52-24-14-15-25-55(52)59(56)46-21-10-5-11-22-46;1-7-5-3-2-4-6-7/h3-32,34-39,47H,33H2,1-2H3;2-6H,1H3. The van der Waals surface area contributed by atoms with Gasteiger partial charge in [0.25, 0.3) is 0 Å². The van der Waals surface area contributed by atoms with Gasteiger partial charge >= 0.3 is 0 Å². The molecule has 1 heterocycles. The molecule has 0 bridgehead atoms. The van der Waals surface area contributed by atoms with Crippen molar-refractivity contribution in [2.24, 2.45) is 0 Å². The van der Waals surface area contributed by atoms with E-state index in [4.69, 9.17) is 0 Å². The van der Waals surface area contributed by atoms with Gasteiger partial charge in [-0.2, -0.15) is 0 Å². The number of benzene rings is 9. The number of rotatable bonds is 9. The molecule has 66 heavy (non-hydrogen) atoms. The smallest absolute Gasteiger partial charge is 0.0560 e. The first-order valence-electron chi connectivity index (χ1n) is 23.0. The van der Waals surface area contributed by atoms with Crippen molar-refractivity contribution in [1.82, 2.24) is 4.57 Å². The highest BCUT2D eigenvalue weighted by atomic mass is 15.2. The Kier molecular flexibility index (Phi) is 12.0. The van der Waals surface area contributed by atoms with Crippen molar-refractivity contribution in [3.8, 4) is 16.8 Å². The zero-order chi connectivity index (χ0) is 44.8. The summed E-state index contributed by atoms with van der Waals surface area (Å²) in [4.78, 5) is 4.85.